The zero-order chi connectivity index (χ0) is 25.0. The number of rotatable bonds is 5. The summed E-state index contributed by atoms with van der Waals surface area (Å²) in [7, 11) is 1.61. The van der Waals surface area contributed by atoms with Crippen LogP contribution in [-0.2, 0) is 14.3 Å². The summed E-state index contributed by atoms with van der Waals surface area (Å²) >= 11 is 1.41. The molecule has 4 unspecified atom stereocenters. The number of aromatic nitrogens is 1. The third-order valence-electron chi connectivity index (χ3n) is 7.41. The highest BCUT2D eigenvalue weighted by Crippen LogP contribution is 2.50. The van der Waals surface area contributed by atoms with E-state index in [1.807, 2.05) is 49.4 Å². The van der Waals surface area contributed by atoms with Crippen molar-refractivity contribution in [3.8, 4) is 11.5 Å². The Morgan fingerprint density at radius 2 is 1.89 bits per heavy atom. The van der Waals surface area contributed by atoms with Gasteiger partial charge in [-0.2, -0.15) is 0 Å². The molecule has 1 amide bonds. The van der Waals surface area contributed by atoms with Gasteiger partial charge in [0.25, 0.3) is 5.91 Å². The number of carbonyl (C=O) groups excluding carboxylic acids is 2. The Kier molecular flexibility index (Phi) is 5.71. The Balaban J connectivity index is 1.47. The number of methoxy groups -OCH3 is 1. The number of carbonyl (C=O) groups is 2. The van der Waals surface area contributed by atoms with Crippen molar-refractivity contribution in [2.75, 3.05) is 18.6 Å². The van der Waals surface area contributed by atoms with Crippen LogP contribution in [0.3, 0.4) is 0 Å². The molecule has 0 bridgehead atoms. The number of amides is 1. The Labute approximate surface area is 213 Å². The molecule has 1 aromatic heterocycles. The first-order chi connectivity index (χ1) is 17.5. The molecule has 7 nitrogen and oxygen atoms in total. The molecule has 2 aliphatic heterocycles. The molecule has 0 saturated heterocycles. The van der Waals surface area contributed by atoms with Crippen molar-refractivity contribution in [1.82, 2.24) is 4.98 Å². The fourth-order valence-corrected chi connectivity index (χ4v) is 6.65. The summed E-state index contributed by atoms with van der Waals surface area (Å²) in [5.74, 6) is 1.62. The van der Waals surface area contributed by atoms with Crippen LogP contribution in [0.5, 0.6) is 11.5 Å². The van der Waals surface area contributed by atoms with Crippen molar-refractivity contribution >= 4 is 38.4 Å². The molecule has 1 aliphatic carbocycles. The average molecular weight is 505 g/mol. The number of hydrogen-bond donors (Lipinski definition) is 0. The topological polar surface area (TPSA) is 78.0 Å². The van der Waals surface area contributed by atoms with Gasteiger partial charge in [-0.05, 0) is 68.0 Å². The van der Waals surface area contributed by atoms with Crippen molar-refractivity contribution in [3.63, 3.8) is 0 Å². The van der Waals surface area contributed by atoms with Crippen LogP contribution < -0.4 is 14.4 Å². The van der Waals surface area contributed by atoms with Crippen LogP contribution in [0.2, 0.25) is 0 Å². The molecule has 3 heterocycles. The van der Waals surface area contributed by atoms with E-state index in [1.54, 1.807) is 12.0 Å². The summed E-state index contributed by atoms with van der Waals surface area (Å²) < 4.78 is 18.2. The van der Waals surface area contributed by atoms with Crippen molar-refractivity contribution in [2.45, 2.75) is 45.3 Å². The number of fused-ring (bicyclic) bond motifs is 2. The number of nitrogens with zero attached hydrogens (tertiary/aromatic N) is 2. The predicted molar refractivity (Wildman–Crippen MR) is 137 cm³/mol. The van der Waals surface area contributed by atoms with Gasteiger partial charge in [-0.3, -0.25) is 14.5 Å². The molecule has 1 saturated carbocycles. The van der Waals surface area contributed by atoms with E-state index in [0.29, 0.717) is 29.0 Å². The molecule has 4 atom stereocenters. The fraction of sp³-hybridized carbons (Fsp3) is 0.393. The van der Waals surface area contributed by atoms with Gasteiger partial charge in [-0.1, -0.05) is 30.4 Å². The van der Waals surface area contributed by atoms with Gasteiger partial charge < -0.3 is 14.2 Å². The normalized spacial score (nSPS) is 25.6. The highest BCUT2D eigenvalue weighted by molar-refractivity contribution is 7.22. The van der Waals surface area contributed by atoms with Crippen molar-refractivity contribution in [3.05, 3.63) is 59.4 Å². The van der Waals surface area contributed by atoms with Gasteiger partial charge in [0.15, 0.2) is 16.7 Å². The van der Waals surface area contributed by atoms with E-state index in [-0.39, 0.29) is 29.5 Å². The van der Waals surface area contributed by atoms with Gasteiger partial charge in [-0.25, -0.2) is 4.98 Å². The van der Waals surface area contributed by atoms with E-state index in [1.165, 1.54) is 11.3 Å². The smallest absolute Gasteiger partial charge is 0.296 e. The minimum Gasteiger partial charge on any atom is -0.497 e. The van der Waals surface area contributed by atoms with Gasteiger partial charge in [0.05, 0.1) is 41.5 Å². The maximum atomic E-state index is 13.9. The zero-order valence-corrected chi connectivity index (χ0v) is 21.3. The lowest BCUT2D eigenvalue weighted by Crippen LogP contribution is -2.41. The summed E-state index contributed by atoms with van der Waals surface area (Å²) in [5, 5.41) is 0.534. The summed E-state index contributed by atoms with van der Waals surface area (Å²) in [5.41, 5.74) is 2.05. The minimum absolute atomic E-state index is 0.0317. The van der Waals surface area contributed by atoms with Crippen LogP contribution in [0, 0.1) is 11.8 Å². The van der Waals surface area contributed by atoms with Crippen LogP contribution >= 0.6 is 11.3 Å². The monoisotopic (exact) mass is 504 g/mol. The molecule has 2 aromatic carbocycles. The molecular weight excluding hydrogens is 476 g/mol. The van der Waals surface area contributed by atoms with E-state index >= 15 is 0 Å². The number of benzene rings is 2. The van der Waals surface area contributed by atoms with Gasteiger partial charge in [-0.15, -0.1) is 0 Å². The molecule has 186 valence electrons. The van der Waals surface area contributed by atoms with Crippen LogP contribution in [-0.4, -0.2) is 36.5 Å². The van der Waals surface area contributed by atoms with Crippen LogP contribution in [0.4, 0.5) is 5.13 Å². The highest BCUT2D eigenvalue weighted by atomic mass is 32.1. The van der Waals surface area contributed by atoms with Gasteiger partial charge in [0.2, 0.25) is 0 Å². The number of anilines is 1. The van der Waals surface area contributed by atoms with E-state index in [9.17, 15) is 9.59 Å². The lowest BCUT2D eigenvalue weighted by molar-refractivity contribution is -0.132. The molecule has 3 aliphatic rings. The van der Waals surface area contributed by atoms with E-state index in [0.717, 1.165) is 40.8 Å². The van der Waals surface area contributed by atoms with Gasteiger partial charge in [0, 0.05) is 0 Å². The third-order valence-corrected chi connectivity index (χ3v) is 8.42. The van der Waals surface area contributed by atoms with Gasteiger partial charge in [0.1, 0.15) is 17.6 Å². The summed E-state index contributed by atoms with van der Waals surface area (Å²) in [6.45, 7) is 4.69. The number of ether oxygens (including phenoxy) is 3. The minimum atomic E-state index is -0.601. The second kappa shape index (κ2) is 8.92. The Hall–Kier alpha value is -3.39. The molecule has 6 rings (SSSR count). The molecule has 36 heavy (non-hydrogen) atoms. The summed E-state index contributed by atoms with van der Waals surface area (Å²) in [6, 6.07) is 12.6. The second-order valence-corrected chi connectivity index (χ2v) is 10.7. The predicted octanol–water partition coefficient (Wildman–Crippen LogP) is 5.45. The molecule has 0 N–H and O–H groups in total. The van der Waals surface area contributed by atoms with Crippen molar-refractivity contribution in [2.24, 2.45) is 11.8 Å². The van der Waals surface area contributed by atoms with Crippen LogP contribution in [0.1, 0.15) is 44.7 Å². The number of ketones is 1. The number of thiazole rings is 1. The van der Waals surface area contributed by atoms with Crippen LogP contribution in [0.25, 0.3) is 10.2 Å². The van der Waals surface area contributed by atoms with Crippen LogP contribution in [0.15, 0.2) is 53.8 Å². The molecule has 0 radical (unpaired) electrons. The van der Waals surface area contributed by atoms with E-state index in [4.69, 9.17) is 19.2 Å². The lowest BCUT2D eigenvalue weighted by Gasteiger charge is -2.37. The molecule has 3 aromatic rings. The third kappa shape index (κ3) is 3.66. The Bertz CT molecular complexity index is 1380. The standard InChI is InChI=1S/C28H28N2O5S/c1-4-34-18-10-11-20-22(14-18)36-28(29-20)30-24(16-6-8-17(33-3)9-7-16)23-25(31)19-13-15(2)5-12-21(19)35-26(23)27(30)32/h6-11,14-15,19,21,24H,4-5,12-13H2,1-3H3. The number of Topliss-reactive ketones (excluding diaryl/α,β-unsaturated/α-hetero) is 1. The highest BCUT2D eigenvalue weighted by Gasteiger charge is 2.53. The second-order valence-electron chi connectivity index (χ2n) is 9.70. The first kappa shape index (κ1) is 23.0. The van der Waals surface area contributed by atoms with Crippen molar-refractivity contribution < 1.29 is 23.8 Å². The lowest BCUT2D eigenvalue weighted by atomic mass is 9.74. The fourth-order valence-electron chi connectivity index (χ4n) is 5.63. The van der Waals surface area contributed by atoms with E-state index in [2.05, 4.69) is 6.92 Å². The molecular formula is C28H28N2O5S. The average Bonchev–Trinajstić information content (AvgIpc) is 3.43. The maximum Gasteiger partial charge on any atom is 0.296 e. The Morgan fingerprint density at radius 1 is 1.11 bits per heavy atom. The summed E-state index contributed by atoms with van der Waals surface area (Å²) in [4.78, 5) is 34.2. The first-order valence-corrected chi connectivity index (χ1v) is 13.3. The molecule has 0 spiro atoms. The number of hydrogen-bond acceptors (Lipinski definition) is 7. The molecule has 1 fully saturated rings. The SMILES string of the molecule is CCOc1ccc2nc(N3C(=O)C4=C(C(=O)C5CC(C)CCC5O4)C3c3ccc(OC)cc3)sc2c1. The summed E-state index contributed by atoms with van der Waals surface area (Å²) in [6.07, 6.45) is 2.33. The molecule has 8 heteroatoms. The van der Waals surface area contributed by atoms with E-state index < -0.39 is 6.04 Å². The maximum absolute atomic E-state index is 13.9. The van der Waals surface area contributed by atoms with Gasteiger partial charge >= 0.3 is 0 Å². The first-order valence-electron chi connectivity index (χ1n) is 12.4. The zero-order valence-electron chi connectivity index (χ0n) is 20.5. The largest absolute Gasteiger partial charge is 0.497 e. The Morgan fingerprint density at radius 3 is 2.64 bits per heavy atom. The van der Waals surface area contributed by atoms with Crippen molar-refractivity contribution in [1.29, 1.82) is 0 Å². The quantitative estimate of drug-likeness (QED) is 0.460.